The van der Waals surface area contributed by atoms with Crippen molar-refractivity contribution in [3.63, 3.8) is 0 Å². The van der Waals surface area contributed by atoms with Crippen LogP contribution in [-0.4, -0.2) is 13.1 Å². The van der Waals surface area contributed by atoms with Crippen LogP contribution >= 0.6 is 0 Å². The summed E-state index contributed by atoms with van der Waals surface area (Å²) in [6, 6.07) is 2.29. The van der Waals surface area contributed by atoms with E-state index in [-0.39, 0.29) is 0 Å². The summed E-state index contributed by atoms with van der Waals surface area (Å²) in [5.74, 6) is 2.49. The SMILES string of the molecule is CCc1cc2c(o1)C1(CCC2)CCNC1. The van der Waals surface area contributed by atoms with E-state index in [1.165, 1.54) is 42.8 Å². The second-order valence-electron chi connectivity index (χ2n) is 4.98. The Kier molecular flexibility index (Phi) is 2.13. The van der Waals surface area contributed by atoms with Crippen LogP contribution < -0.4 is 5.32 Å². The Bertz CT molecular complexity index is 361. The van der Waals surface area contributed by atoms with Gasteiger partial charge in [0.1, 0.15) is 11.5 Å². The first-order chi connectivity index (χ1) is 7.34. The van der Waals surface area contributed by atoms with Gasteiger partial charge in [0.15, 0.2) is 0 Å². The van der Waals surface area contributed by atoms with Crippen LogP contribution in [0.5, 0.6) is 0 Å². The standard InChI is InChI=1S/C13H19NO/c1-2-11-8-10-4-3-5-13(12(10)15-11)6-7-14-9-13/h8,14H,2-7,9H2,1H3. The van der Waals surface area contributed by atoms with Crippen LogP contribution in [0.2, 0.25) is 0 Å². The molecule has 1 unspecified atom stereocenters. The van der Waals surface area contributed by atoms with E-state index >= 15 is 0 Å². The predicted octanol–water partition coefficient (Wildman–Crippen LogP) is 2.41. The van der Waals surface area contributed by atoms with Crippen LogP contribution in [0.25, 0.3) is 0 Å². The van der Waals surface area contributed by atoms with Crippen molar-refractivity contribution in [1.29, 1.82) is 0 Å². The third-order valence-corrected chi connectivity index (χ3v) is 4.04. The van der Waals surface area contributed by atoms with Crippen LogP contribution in [-0.2, 0) is 18.3 Å². The van der Waals surface area contributed by atoms with E-state index < -0.39 is 0 Å². The van der Waals surface area contributed by atoms with Gasteiger partial charge in [0.05, 0.1) is 0 Å². The predicted molar refractivity (Wildman–Crippen MR) is 60.2 cm³/mol. The van der Waals surface area contributed by atoms with Crippen molar-refractivity contribution >= 4 is 0 Å². The van der Waals surface area contributed by atoms with Gasteiger partial charge in [0, 0.05) is 18.4 Å². The molecular formula is C13H19NO. The maximum Gasteiger partial charge on any atom is 0.114 e. The zero-order valence-electron chi connectivity index (χ0n) is 9.44. The molecule has 0 saturated carbocycles. The summed E-state index contributed by atoms with van der Waals surface area (Å²) < 4.78 is 6.05. The summed E-state index contributed by atoms with van der Waals surface area (Å²) in [5, 5.41) is 3.49. The van der Waals surface area contributed by atoms with E-state index in [0.717, 1.165) is 19.5 Å². The van der Waals surface area contributed by atoms with Crippen molar-refractivity contribution in [3.8, 4) is 0 Å². The van der Waals surface area contributed by atoms with Crippen molar-refractivity contribution in [2.45, 2.75) is 44.4 Å². The third-order valence-electron chi connectivity index (χ3n) is 4.04. The first-order valence-electron chi connectivity index (χ1n) is 6.17. The molecule has 1 aliphatic heterocycles. The summed E-state index contributed by atoms with van der Waals surface area (Å²) in [6.07, 6.45) is 6.15. The fourth-order valence-electron chi connectivity index (χ4n) is 3.18. The molecule has 1 spiro atoms. The van der Waals surface area contributed by atoms with E-state index in [2.05, 4.69) is 18.3 Å². The average molecular weight is 205 g/mol. The molecule has 0 aromatic carbocycles. The lowest BCUT2D eigenvalue weighted by Crippen LogP contribution is -2.32. The Morgan fingerprint density at radius 1 is 1.47 bits per heavy atom. The van der Waals surface area contributed by atoms with Gasteiger partial charge in [0.2, 0.25) is 0 Å². The van der Waals surface area contributed by atoms with E-state index in [0.29, 0.717) is 5.41 Å². The number of hydrogen-bond acceptors (Lipinski definition) is 2. The van der Waals surface area contributed by atoms with E-state index in [1.807, 2.05) is 0 Å². The van der Waals surface area contributed by atoms with E-state index in [1.54, 1.807) is 0 Å². The first-order valence-corrected chi connectivity index (χ1v) is 6.17. The maximum absolute atomic E-state index is 6.05. The molecule has 1 atom stereocenters. The third kappa shape index (κ3) is 1.35. The van der Waals surface area contributed by atoms with Crippen molar-refractivity contribution in [1.82, 2.24) is 5.32 Å². The highest BCUT2D eigenvalue weighted by Gasteiger charge is 2.42. The van der Waals surface area contributed by atoms with Crippen LogP contribution in [0, 0.1) is 0 Å². The molecule has 1 saturated heterocycles. The fraction of sp³-hybridized carbons (Fsp3) is 0.692. The molecular weight excluding hydrogens is 186 g/mol. The number of nitrogens with one attached hydrogen (secondary N) is 1. The van der Waals surface area contributed by atoms with Crippen LogP contribution in [0.1, 0.15) is 43.3 Å². The number of furan rings is 1. The highest BCUT2D eigenvalue weighted by molar-refractivity contribution is 5.33. The molecule has 0 bridgehead atoms. The highest BCUT2D eigenvalue weighted by Crippen LogP contribution is 2.43. The lowest BCUT2D eigenvalue weighted by molar-refractivity contribution is 0.301. The lowest BCUT2D eigenvalue weighted by Gasteiger charge is -2.31. The van der Waals surface area contributed by atoms with Crippen LogP contribution in [0.3, 0.4) is 0 Å². The number of rotatable bonds is 1. The monoisotopic (exact) mass is 205 g/mol. The zero-order chi connectivity index (χ0) is 10.3. The van der Waals surface area contributed by atoms with Crippen molar-refractivity contribution in [2.75, 3.05) is 13.1 Å². The van der Waals surface area contributed by atoms with Gasteiger partial charge in [-0.15, -0.1) is 0 Å². The summed E-state index contributed by atoms with van der Waals surface area (Å²) >= 11 is 0. The quantitative estimate of drug-likeness (QED) is 0.761. The molecule has 1 aromatic rings. The summed E-state index contributed by atoms with van der Waals surface area (Å²) in [6.45, 7) is 4.45. The molecule has 82 valence electrons. The number of hydrogen-bond donors (Lipinski definition) is 1. The second-order valence-corrected chi connectivity index (χ2v) is 4.98. The first kappa shape index (κ1) is 9.46. The summed E-state index contributed by atoms with van der Waals surface area (Å²) in [5.41, 5.74) is 1.84. The van der Waals surface area contributed by atoms with E-state index in [4.69, 9.17) is 4.42 Å². The Hall–Kier alpha value is -0.760. The normalized spacial score (nSPS) is 29.7. The summed E-state index contributed by atoms with van der Waals surface area (Å²) in [7, 11) is 0. The van der Waals surface area contributed by atoms with Gasteiger partial charge in [-0.25, -0.2) is 0 Å². The van der Waals surface area contributed by atoms with Gasteiger partial charge in [-0.1, -0.05) is 6.92 Å². The van der Waals surface area contributed by atoms with Crippen molar-refractivity contribution < 1.29 is 4.42 Å². The molecule has 1 N–H and O–H groups in total. The van der Waals surface area contributed by atoms with Crippen LogP contribution in [0.4, 0.5) is 0 Å². The second kappa shape index (κ2) is 3.38. The fourth-order valence-corrected chi connectivity index (χ4v) is 3.18. The molecule has 1 aliphatic carbocycles. The smallest absolute Gasteiger partial charge is 0.114 e. The zero-order valence-corrected chi connectivity index (χ0v) is 9.44. The van der Waals surface area contributed by atoms with Crippen LogP contribution in [0.15, 0.2) is 10.5 Å². The van der Waals surface area contributed by atoms with Gasteiger partial charge in [0.25, 0.3) is 0 Å². The lowest BCUT2D eigenvalue weighted by atomic mass is 9.74. The topological polar surface area (TPSA) is 25.2 Å². The molecule has 0 amide bonds. The molecule has 2 aliphatic rings. The van der Waals surface area contributed by atoms with Gasteiger partial charge in [-0.3, -0.25) is 0 Å². The molecule has 3 rings (SSSR count). The highest BCUT2D eigenvalue weighted by atomic mass is 16.3. The Morgan fingerprint density at radius 3 is 3.13 bits per heavy atom. The minimum Gasteiger partial charge on any atom is -0.465 e. The maximum atomic E-state index is 6.05. The van der Waals surface area contributed by atoms with Gasteiger partial charge >= 0.3 is 0 Å². The Morgan fingerprint density at radius 2 is 2.40 bits per heavy atom. The molecule has 1 fully saturated rings. The minimum atomic E-state index is 0.348. The van der Waals surface area contributed by atoms with Crippen molar-refractivity contribution in [2.24, 2.45) is 0 Å². The number of aryl methyl sites for hydroxylation is 2. The average Bonchev–Trinajstić information content (AvgIpc) is 2.86. The van der Waals surface area contributed by atoms with Gasteiger partial charge < -0.3 is 9.73 Å². The molecule has 0 radical (unpaired) electrons. The minimum absolute atomic E-state index is 0.348. The molecule has 2 heterocycles. The molecule has 1 aromatic heterocycles. The number of fused-ring (bicyclic) bond motifs is 2. The van der Waals surface area contributed by atoms with Crippen molar-refractivity contribution in [3.05, 3.63) is 23.2 Å². The summed E-state index contributed by atoms with van der Waals surface area (Å²) in [4.78, 5) is 0. The Balaban J connectivity index is 2.05. The molecule has 2 heteroatoms. The van der Waals surface area contributed by atoms with Gasteiger partial charge in [-0.2, -0.15) is 0 Å². The van der Waals surface area contributed by atoms with Gasteiger partial charge in [-0.05, 0) is 43.9 Å². The largest absolute Gasteiger partial charge is 0.465 e. The Labute approximate surface area is 91.0 Å². The molecule has 15 heavy (non-hydrogen) atoms. The molecule has 2 nitrogen and oxygen atoms in total. The van der Waals surface area contributed by atoms with E-state index in [9.17, 15) is 0 Å².